The van der Waals surface area contributed by atoms with Crippen LogP contribution in [-0.2, 0) is 13.6 Å². The normalized spacial score (nSPS) is 20.2. The van der Waals surface area contributed by atoms with Crippen molar-refractivity contribution >= 4 is 0 Å². The fraction of sp³-hybridized carbons (Fsp3) is 0.786. The Balaban J connectivity index is 1.80. The van der Waals surface area contributed by atoms with Gasteiger partial charge in [0.05, 0.1) is 6.20 Å². The summed E-state index contributed by atoms with van der Waals surface area (Å²) in [6.07, 6.45) is 4.56. The molecule has 1 aliphatic heterocycles. The second-order valence-electron chi connectivity index (χ2n) is 6.10. The highest BCUT2D eigenvalue weighted by Gasteiger charge is 2.28. The van der Waals surface area contributed by atoms with E-state index in [0.717, 1.165) is 13.1 Å². The van der Waals surface area contributed by atoms with E-state index in [4.69, 9.17) is 0 Å². The van der Waals surface area contributed by atoms with Crippen LogP contribution in [-0.4, -0.2) is 41.4 Å². The van der Waals surface area contributed by atoms with Crippen LogP contribution in [0.4, 0.5) is 0 Å². The average molecular weight is 250 g/mol. The Kier molecular flexibility index (Phi) is 4.07. The first kappa shape index (κ1) is 13.6. The van der Waals surface area contributed by atoms with Crippen molar-refractivity contribution in [3.8, 4) is 0 Å². The number of piperidine rings is 1. The first-order valence-electron chi connectivity index (χ1n) is 6.87. The van der Waals surface area contributed by atoms with Crippen molar-refractivity contribution in [2.24, 2.45) is 12.5 Å². The molecule has 0 amide bonds. The topological polar surface area (TPSA) is 33.1 Å². The van der Waals surface area contributed by atoms with Crippen molar-refractivity contribution in [3.05, 3.63) is 17.5 Å². The van der Waals surface area contributed by atoms with Gasteiger partial charge in [0.15, 0.2) is 0 Å². The van der Waals surface area contributed by atoms with Gasteiger partial charge in [-0.3, -0.25) is 4.68 Å². The van der Waals surface area contributed by atoms with Crippen LogP contribution in [0.2, 0.25) is 0 Å². The lowest BCUT2D eigenvalue weighted by Crippen LogP contribution is -2.41. The Morgan fingerprint density at radius 3 is 2.56 bits per heavy atom. The SMILES string of the molecule is Cc1c(CNCC2(C)CCN(C)CC2)cnn1C. The lowest BCUT2D eigenvalue weighted by Gasteiger charge is -2.38. The summed E-state index contributed by atoms with van der Waals surface area (Å²) in [6, 6.07) is 0. The van der Waals surface area contributed by atoms with Gasteiger partial charge in [0.1, 0.15) is 0 Å². The monoisotopic (exact) mass is 250 g/mol. The van der Waals surface area contributed by atoms with E-state index in [1.54, 1.807) is 0 Å². The standard InChI is InChI=1S/C14H26N4/c1-12-13(10-16-18(12)4)9-15-11-14(2)5-7-17(3)8-6-14/h10,15H,5-9,11H2,1-4H3. The zero-order valence-electron chi connectivity index (χ0n) is 12.2. The third-order valence-electron chi connectivity index (χ3n) is 4.40. The van der Waals surface area contributed by atoms with E-state index in [0.29, 0.717) is 5.41 Å². The molecule has 0 saturated carbocycles. The number of nitrogens with zero attached hydrogens (tertiary/aromatic N) is 3. The molecule has 0 aliphatic carbocycles. The summed E-state index contributed by atoms with van der Waals surface area (Å²) in [5.74, 6) is 0. The second kappa shape index (κ2) is 5.41. The minimum Gasteiger partial charge on any atom is -0.312 e. The maximum atomic E-state index is 4.28. The van der Waals surface area contributed by atoms with E-state index < -0.39 is 0 Å². The molecule has 0 atom stereocenters. The van der Waals surface area contributed by atoms with Crippen molar-refractivity contribution in [2.75, 3.05) is 26.7 Å². The number of hydrogen-bond donors (Lipinski definition) is 1. The largest absolute Gasteiger partial charge is 0.312 e. The molecule has 1 aliphatic rings. The lowest BCUT2D eigenvalue weighted by atomic mass is 9.80. The molecule has 1 aromatic heterocycles. The van der Waals surface area contributed by atoms with Crippen molar-refractivity contribution in [1.29, 1.82) is 0 Å². The molecule has 2 rings (SSSR count). The third kappa shape index (κ3) is 3.12. The smallest absolute Gasteiger partial charge is 0.0537 e. The number of rotatable bonds is 4. The minimum absolute atomic E-state index is 0.461. The zero-order chi connectivity index (χ0) is 13.2. The molecule has 0 radical (unpaired) electrons. The fourth-order valence-electron chi connectivity index (χ4n) is 2.55. The van der Waals surface area contributed by atoms with E-state index in [9.17, 15) is 0 Å². The fourth-order valence-corrected chi connectivity index (χ4v) is 2.55. The molecule has 102 valence electrons. The highest BCUT2D eigenvalue weighted by atomic mass is 15.3. The molecular weight excluding hydrogens is 224 g/mol. The van der Waals surface area contributed by atoms with Gasteiger partial charge < -0.3 is 10.2 Å². The Hall–Kier alpha value is -0.870. The zero-order valence-corrected chi connectivity index (χ0v) is 12.2. The third-order valence-corrected chi connectivity index (χ3v) is 4.40. The summed E-state index contributed by atoms with van der Waals surface area (Å²) in [7, 11) is 4.21. The first-order valence-corrected chi connectivity index (χ1v) is 6.87. The summed E-state index contributed by atoms with van der Waals surface area (Å²) in [5.41, 5.74) is 3.04. The van der Waals surface area contributed by atoms with Crippen molar-refractivity contribution in [3.63, 3.8) is 0 Å². The van der Waals surface area contributed by atoms with Gasteiger partial charge >= 0.3 is 0 Å². The number of aryl methyl sites for hydroxylation is 1. The minimum atomic E-state index is 0.461. The van der Waals surface area contributed by atoms with Gasteiger partial charge in [-0.15, -0.1) is 0 Å². The van der Waals surface area contributed by atoms with Crippen molar-refractivity contribution in [1.82, 2.24) is 20.0 Å². The molecule has 0 spiro atoms. The number of hydrogen-bond acceptors (Lipinski definition) is 3. The molecule has 4 nitrogen and oxygen atoms in total. The summed E-state index contributed by atoms with van der Waals surface area (Å²) < 4.78 is 1.94. The summed E-state index contributed by atoms with van der Waals surface area (Å²) >= 11 is 0. The van der Waals surface area contributed by atoms with Gasteiger partial charge in [0, 0.05) is 31.4 Å². The average Bonchev–Trinajstić information content (AvgIpc) is 2.65. The molecule has 1 fully saturated rings. The quantitative estimate of drug-likeness (QED) is 0.880. The molecule has 4 heteroatoms. The number of nitrogens with one attached hydrogen (secondary N) is 1. The van der Waals surface area contributed by atoms with E-state index >= 15 is 0 Å². The van der Waals surface area contributed by atoms with Crippen LogP contribution in [0.5, 0.6) is 0 Å². The summed E-state index contributed by atoms with van der Waals surface area (Å²) in [4.78, 5) is 2.42. The van der Waals surface area contributed by atoms with Crippen LogP contribution >= 0.6 is 0 Å². The van der Waals surface area contributed by atoms with Gasteiger partial charge in [-0.25, -0.2) is 0 Å². The predicted octanol–water partition coefficient (Wildman–Crippen LogP) is 1.55. The molecule has 1 N–H and O–H groups in total. The van der Waals surface area contributed by atoms with E-state index in [1.165, 1.54) is 37.2 Å². The predicted molar refractivity (Wildman–Crippen MR) is 74.5 cm³/mol. The van der Waals surface area contributed by atoms with E-state index in [1.807, 2.05) is 17.9 Å². The highest BCUT2D eigenvalue weighted by molar-refractivity contribution is 5.15. The maximum absolute atomic E-state index is 4.28. The molecule has 18 heavy (non-hydrogen) atoms. The van der Waals surface area contributed by atoms with Gasteiger partial charge in [0.25, 0.3) is 0 Å². The van der Waals surface area contributed by atoms with Crippen molar-refractivity contribution < 1.29 is 0 Å². The van der Waals surface area contributed by atoms with E-state index in [2.05, 4.69) is 36.2 Å². The van der Waals surface area contributed by atoms with Crippen molar-refractivity contribution in [2.45, 2.75) is 33.2 Å². The van der Waals surface area contributed by atoms with Crippen LogP contribution in [0.15, 0.2) is 6.20 Å². The Bertz CT molecular complexity index is 388. The molecular formula is C14H26N4. The van der Waals surface area contributed by atoms with Crippen LogP contribution in [0, 0.1) is 12.3 Å². The van der Waals surface area contributed by atoms with Gasteiger partial charge in [-0.1, -0.05) is 6.92 Å². The lowest BCUT2D eigenvalue weighted by molar-refractivity contribution is 0.137. The molecule has 1 saturated heterocycles. The summed E-state index contributed by atoms with van der Waals surface area (Å²) in [6.45, 7) is 9.03. The van der Waals surface area contributed by atoms with Gasteiger partial charge in [0.2, 0.25) is 0 Å². The highest BCUT2D eigenvalue weighted by Crippen LogP contribution is 2.29. The molecule has 1 aromatic rings. The Labute approximate surface area is 110 Å². The molecule has 0 bridgehead atoms. The van der Waals surface area contributed by atoms with Crippen LogP contribution in [0.1, 0.15) is 31.0 Å². The number of likely N-dealkylation sites (tertiary alicyclic amines) is 1. The number of aromatic nitrogens is 2. The van der Waals surface area contributed by atoms with Crippen LogP contribution < -0.4 is 5.32 Å². The molecule has 0 aromatic carbocycles. The Morgan fingerprint density at radius 2 is 2.00 bits per heavy atom. The summed E-state index contributed by atoms with van der Waals surface area (Å²) in [5, 5.41) is 7.89. The Morgan fingerprint density at radius 1 is 1.33 bits per heavy atom. The molecule has 2 heterocycles. The second-order valence-corrected chi connectivity index (χ2v) is 6.10. The van der Waals surface area contributed by atoms with E-state index in [-0.39, 0.29) is 0 Å². The van der Waals surface area contributed by atoms with Crippen LogP contribution in [0.25, 0.3) is 0 Å². The first-order chi connectivity index (χ1) is 8.50. The maximum Gasteiger partial charge on any atom is 0.0537 e. The van der Waals surface area contributed by atoms with Crippen LogP contribution in [0.3, 0.4) is 0 Å². The molecule has 0 unspecified atom stereocenters. The van der Waals surface area contributed by atoms with Gasteiger partial charge in [-0.05, 0) is 45.3 Å². The van der Waals surface area contributed by atoms with Gasteiger partial charge in [-0.2, -0.15) is 5.10 Å².